The van der Waals surface area contributed by atoms with Gasteiger partial charge in [0.15, 0.2) is 0 Å². The van der Waals surface area contributed by atoms with Gasteiger partial charge in [0.1, 0.15) is 5.75 Å². The number of rotatable bonds is 8. The molecule has 4 aromatic rings. The van der Waals surface area contributed by atoms with E-state index >= 15 is 0 Å². The van der Waals surface area contributed by atoms with Gasteiger partial charge in [-0.15, -0.1) is 0 Å². The summed E-state index contributed by atoms with van der Waals surface area (Å²) in [5, 5.41) is 5.08. The normalized spacial score (nSPS) is 11.2. The Balaban J connectivity index is 1.46. The first-order valence-electron chi connectivity index (χ1n) is 9.70. The van der Waals surface area contributed by atoms with Crippen molar-refractivity contribution in [2.75, 3.05) is 27.4 Å². The Hall–Kier alpha value is -3.25. The molecule has 1 N–H and O–H groups in total. The van der Waals surface area contributed by atoms with E-state index in [2.05, 4.69) is 20.5 Å². The average molecular weight is 391 g/mol. The van der Waals surface area contributed by atoms with Gasteiger partial charge in [-0.05, 0) is 36.4 Å². The zero-order valence-electron chi connectivity index (χ0n) is 16.7. The molecule has 0 atom stereocenters. The van der Waals surface area contributed by atoms with Gasteiger partial charge in [-0.25, -0.2) is 0 Å². The van der Waals surface area contributed by atoms with E-state index in [4.69, 9.17) is 9.47 Å². The highest BCUT2D eigenvalue weighted by Gasteiger charge is 2.12. The molecule has 0 spiro atoms. The molecule has 0 fully saturated rings. The van der Waals surface area contributed by atoms with Crippen LogP contribution >= 0.6 is 0 Å². The summed E-state index contributed by atoms with van der Waals surface area (Å²) in [6.45, 7) is 2.62. The topological polar surface area (TPSA) is 57.4 Å². The van der Waals surface area contributed by atoms with Crippen molar-refractivity contribution in [1.82, 2.24) is 14.5 Å². The molecule has 0 aliphatic rings. The van der Waals surface area contributed by atoms with Crippen LogP contribution in [-0.2, 0) is 17.8 Å². The van der Waals surface area contributed by atoms with Gasteiger partial charge in [0.05, 0.1) is 19.2 Å². The Morgan fingerprint density at radius 3 is 2.34 bits per heavy atom. The monoisotopic (exact) mass is 391 g/mol. The van der Waals surface area contributed by atoms with Gasteiger partial charge in [-0.2, -0.15) is 0 Å². The van der Waals surface area contributed by atoms with E-state index in [1.165, 1.54) is 0 Å². The summed E-state index contributed by atoms with van der Waals surface area (Å²) in [6.07, 6.45) is 4.02. The van der Waals surface area contributed by atoms with Crippen molar-refractivity contribution < 1.29 is 14.3 Å². The first-order valence-corrected chi connectivity index (χ1v) is 9.70. The summed E-state index contributed by atoms with van der Waals surface area (Å²) >= 11 is 0. The second kappa shape index (κ2) is 8.41. The van der Waals surface area contributed by atoms with Gasteiger partial charge in [0.25, 0.3) is 5.91 Å². The lowest BCUT2D eigenvalue weighted by Crippen LogP contribution is -2.27. The largest absolute Gasteiger partial charge is 0.496 e. The number of nitrogens with one attached hydrogen (secondary N) is 1. The van der Waals surface area contributed by atoms with Crippen molar-refractivity contribution in [2.45, 2.75) is 13.1 Å². The molecule has 1 amide bonds. The maximum absolute atomic E-state index is 12.8. The molecular weight excluding hydrogens is 366 g/mol. The molecule has 0 bridgehead atoms. The van der Waals surface area contributed by atoms with Crippen LogP contribution in [0.3, 0.4) is 0 Å². The minimum absolute atomic E-state index is 0.0610. The number of benzene rings is 2. The van der Waals surface area contributed by atoms with Crippen molar-refractivity contribution >= 4 is 27.7 Å². The Morgan fingerprint density at radius 2 is 1.59 bits per heavy atom. The van der Waals surface area contributed by atoms with Crippen LogP contribution in [0.25, 0.3) is 21.8 Å². The molecule has 0 saturated carbocycles. The summed E-state index contributed by atoms with van der Waals surface area (Å²) in [7, 11) is 3.37. The molecule has 2 aromatic heterocycles. The number of aromatic nitrogens is 2. The van der Waals surface area contributed by atoms with Crippen LogP contribution in [0, 0.1) is 0 Å². The maximum Gasteiger partial charge on any atom is 0.252 e. The standard InChI is InChI=1S/C23H25N3O3/c1-28-16-15-26-12-9-17-18(5-3-6-20(17)26)23(27)24-11-14-25-13-10-19-21(25)7-4-8-22(19)29-2/h3-10,12-13H,11,14-16H2,1-2H3,(H,24,27). The number of ether oxygens (including phenoxy) is 2. The zero-order valence-corrected chi connectivity index (χ0v) is 16.7. The van der Waals surface area contributed by atoms with Gasteiger partial charge >= 0.3 is 0 Å². The van der Waals surface area contributed by atoms with Crippen molar-refractivity contribution in [2.24, 2.45) is 0 Å². The molecule has 0 saturated heterocycles. The summed E-state index contributed by atoms with van der Waals surface area (Å²) in [6, 6.07) is 15.8. The maximum atomic E-state index is 12.8. The molecule has 0 aliphatic heterocycles. The van der Waals surface area contributed by atoms with Crippen molar-refractivity contribution in [3.05, 3.63) is 66.5 Å². The fraction of sp³-hybridized carbons (Fsp3) is 0.261. The fourth-order valence-electron chi connectivity index (χ4n) is 3.76. The van der Waals surface area contributed by atoms with E-state index in [1.54, 1.807) is 14.2 Å². The second-order valence-electron chi connectivity index (χ2n) is 6.90. The van der Waals surface area contributed by atoms with E-state index in [-0.39, 0.29) is 5.91 Å². The molecule has 2 heterocycles. The molecular formula is C23H25N3O3. The third-order valence-corrected chi connectivity index (χ3v) is 5.23. The van der Waals surface area contributed by atoms with Crippen molar-refractivity contribution in [3.8, 4) is 5.75 Å². The predicted octanol–water partition coefficient (Wildman–Crippen LogP) is 3.68. The first-order chi connectivity index (χ1) is 14.2. The number of carbonyl (C=O) groups is 1. The summed E-state index contributed by atoms with van der Waals surface area (Å²) in [5.74, 6) is 0.795. The van der Waals surface area contributed by atoms with Crippen LogP contribution in [0.1, 0.15) is 10.4 Å². The quantitative estimate of drug-likeness (QED) is 0.498. The van der Waals surface area contributed by atoms with Gasteiger partial charge in [-0.1, -0.05) is 12.1 Å². The molecule has 0 aliphatic carbocycles. The lowest BCUT2D eigenvalue weighted by atomic mass is 10.1. The molecule has 4 rings (SSSR count). The Kier molecular flexibility index (Phi) is 5.53. The van der Waals surface area contributed by atoms with Crippen molar-refractivity contribution in [3.63, 3.8) is 0 Å². The molecule has 2 aromatic carbocycles. The smallest absolute Gasteiger partial charge is 0.252 e. The molecule has 29 heavy (non-hydrogen) atoms. The number of hydrogen-bond acceptors (Lipinski definition) is 3. The van der Waals surface area contributed by atoms with Gasteiger partial charge < -0.3 is 23.9 Å². The Morgan fingerprint density at radius 1 is 0.897 bits per heavy atom. The third-order valence-electron chi connectivity index (χ3n) is 5.23. The summed E-state index contributed by atoms with van der Waals surface area (Å²) in [4.78, 5) is 12.8. The first kappa shape index (κ1) is 19.1. The van der Waals surface area contributed by atoms with E-state index in [1.807, 2.05) is 54.9 Å². The predicted molar refractivity (Wildman–Crippen MR) is 115 cm³/mol. The number of methoxy groups -OCH3 is 2. The molecule has 0 radical (unpaired) electrons. The third kappa shape index (κ3) is 3.71. The Labute approximate surface area is 169 Å². The van der Waals surface area contributed by atoms with E-state index in [0.717, 1.165) is 34.1 Å². The number of carbonyl (C=O) groups excluding carboxylic acids is 1. The van der Waals surface area contributed by atoms with E-state index < -0.39 is 0 Å². The minimum Gasteiger partial charge on any atom is -0.496 e. The van der Waals surface area contributed by atoms with Crippen molar-refractivity contribution in [1.29, 1.82) is 0 Å². The van der Waals surface area contributed by atoms with Crippen LogP contribution in [-0.4, -0.2) is 42.4 Å². The van der Waals surface area contributed by atoms with Gasteiger partial charge in [-0.3, -0.25) is 4.79 Å². The van der Waals surface area contributed by atoms with Gasteiger partial charge in [0, 0.05) is 61.0 Å². The summed E-state index contributed by atoms with van der Waals surface area (Å²) in [5.41, 5.74) is 2.83. The number of amides is 1. The number of nitrogens with zero attached hydrogens (tertiary/aromatic N) is 2. The highest BCUT2D eigenvalue weighted by atomic mass is 16.5. The minimum atomic E-state index is -0.0610. The van der Waals surface area contributed by atoms with Crippen LogP contribution in [0.5, 0.6) is 5.75 Å². The molecule has 6 heteroatoms. The lowest BCUT2D eigenvalue weighted by molar-refractivity contribution is 0.0954. The zero-order chi connectivity index (χ0) is 20.2. The average Bonchev–Trinajstić information content (AvgIpc) is 3.36. The SMILES string of the molecule is COCCn1ccc2c(C(=O)NCCn3ccc4c(OC)cccc43)cccc21. The molecule has 0 unspecified atom stereocenters. The highest BCUT2D eigenvalue weighted by molar-refractivity contribution is 6.06. The molecule has 150 valence electrons. The van der Waals surface area contributed by atoms with E-state index in [0.29, 0.717) is 25.3 Å². The highest BCUT2D eigenvalue weighted by Crippen LogP contribution is 2.26. The van der Waals surface area contributed by atoms with E-state index in [9.17, 15) is 4.79 Å². The molecule has 6 nitrogen and oxygen atoms in total. The number of fused-ring (bicyclic) bond motifs is 2. The lowest BCUT2D eigenvalue weighted by Gasteiger charge is -2.10. The van der Waals surface area contributed by atoms with Crippen LogP contribution in [0.2, 0.25) is 0 Å². The van der Waals surface area contributed by atoms with Crippen LogP contribution in [0.15, 0.2) is 60.9 Å². The number of hydrogen-bond donors (Lipinski definition) is 1. The Bertz CT molecular complexity index is 1140. The summed E-state index contributed by atoms with van der Waals surface area (Å²) < 4.78 is 14.8. The fourth-order valence-corrected chi connectivity index (χ4v) is 3.76. The van der Waals surface area contributed by atoms with Crippen LogP contribution in [0.4, 0.5) is 0 Å². The van der Waals surface area contributed by atoms with Gasteiger partial charge in [0.2, 0.25) is 0 Å². The second-order valence-corrected chi connectivity index (χ2v) is 6.90. The van der Waals surface area contributed by atoms with Crippen LogP contribution < -0.4 is 10.1 Å².